The van der Waals surface area contributed by atoms with Crippen LogP contribution < -0.4 is 0 Å². The first-order valence-electron chi connectivity index (χ1n) is 10.8. The van der Waals surface area contributed by atoms with E-state index < -0.39 is 0 Å². The number of carbonyl (C=O) groups is 1. The van der Waals surface area contributed by atoms with E-state index in [9.17, 15) is 4.79 Å². The quantitative estimate of drug-likeness (QED) is 0.633. The first kappa shape index (κ1) is 17.4. The standard InChI is InChI=1S/C25H31NO/c1-24-11-9-20(27)15-19(24)5-7-21-22-8-6-18(14-17-4-3-13-26-16-17)25(22,2)12-10-23(21)24/h3-6,13,16,21-23H,7-12,14-15H2,1-2H3/t21-,22-,23-,24-,25+/m0/s1. The van der Waals surface area contributed by atoms with Crippen molar-refractivity contribution in [3.63, 3.8) is 0 Å². The molecule has 0 bridgehead atoms. The average Bonchev–Trinajstić information content (AvgIpc) is 3.00. The van der Waals surface area contributed by atoms with Gasteiger partial charge in [0.15, 0.2) is 0 Å². The third kappa shape index (κ3) is 2.59. The van der Waals surface area contributed by atoms with Gasteiger partial charge in [-0.2, -0.15) is 0 Å². The summed E-state index contributed by atoms with van der Waals surface area (Å²) in [6.07, 6.45) is 17.7. The Balaban J connectivity index is 1.42. The number of carbonyl (C=O) groups excluding carboxylic acids is 1. The van der Waals surface area contributed by atoms with Crippen LogP contribution in [0.5, 0.6) is 0 Å². The molecule has 0 spiro atoms. The number of hydrogen-bond acceptors (Lipinski definition) is 2. The highest BCUT2D eigenvalue weighted by molar-refractivity contribution is 5.82. The normalized spacial score (nSPS) is 40.5. The Kier molecular flexibility index (Phi) is 3.97. The van der Waals surface area contributed by atoms with Gasteiger partial charge in [-0.1, -0.05) is 43.2 Å². The molecule has 142 valence electrons. The topological polar surface area (TPSA) is 30.0 Å². The molecule has 2 saturated carbocycles. The SMILES string of the molecule is C[C@]12CCC(=O)CC1=CC[C@@H]1[C@@H]2CC[C@]2(C)C(Cc3cccnc3)=CC[C@@H]12. The molecule has 1 heterocycles. The van der Waals surface area contributed by atoms with Crippen molar-refractivity contribution in [2.75, 3.05) is 0 Å². The average molecular weight is 362 g/mol. The molecule has 0 amide bonds. The van der Waals surface area contributed by atoms with Crippen molar-refractivity contribution in [3.05, 3.63) is 53.4 Å². The van der Waals surface area contributed by atoms with Crippen molar-refractivity contribution >= 4 is 5.78 Å². The molecule has 2 heteroatoms. The fourth-order valence-electron chi connectivity index (χ4n) is 7.13. The van der Waals surface area contributed by atoms with Gasteiger partial charge in [-0.3, -0.25) is 9.78 Å². The van der Waals surface area contributed by atoms with E-state index in [1.54, 1.807) is 5.57 Å². The number of pyridine rings is 1. The summed E-state index contributed by atoms with van der Waals surface area (Å²) in [6, 6.07) is 4.27. The number of hydrogen-bond donors (Lipinski definition) is 0. The zero-order valence-electron chi connectivity index (χ0n) is 16.7. The molecule has 2 fully saturated rings. The molecule has 4 aliphatic rings. The maximum atomic E-state index is 12.0. The molecule has 0 saturated heterocycles. The number of nitrogens with zero attached hydrogens (tertiary/aromatic N) is 1. The summed E-state index contributed by atoms with van der Waals surface area (Å²) in [6.45, 7) is 5.01. The molecule has 0 aliphatic heterocycles. The van der Waals surface area contributed by atoms with Crippen LogP contribution >= 0.6 is 0 Å². The van der Waals surface area contributed by atoms with Crippen molar-refractivity contribution in [1.29, 1.82) is 0 Å². The van der Waals surface area contributed by atoms with Crippen molar-refractivity contribution in [2.24, 2.45) is 28.6 Å². The number of fused-ring (bicyclic) bond motifs is 5. The molecular formula is C25H31NO. The number of rotatable bonds is 2. The molecule has 1 aromatic rings. The Bertz CT molecular complexity index is 822. The van der Waals surface area contributed by atoms with Crippen LogP contribution in [0.2, 0.25) is 0 Å². The Morgan fingerprint density at radius 1 is 1.11 bits per heavy atom. The van der Waals surface area contributed by atoms with Crippen LogP contribution in [0.1, 0.15) is 64.4 Å². The van der Waals surface area contributed by atoms with Gasteiger partial charge in [0.25, 0.3) is 0 Å². The lowest BCUT2D eigenvalue weighted by atomic mass is 9.47. The van der Waals surface area contributed by atoms with E-state index in [1.807, 2.05) is 12.4 Å². The van der Waals surface area contributed by atoms with Gasteiger partial charge in [-0.05, 0) is 78.7 Å². The fraction of sp³-hybridized carbons (Fsp3) is 0.600. The third-order valence-electron chi connectivity index (χ3n) is 8.79. The van der Waals surface area contributed by atoms with E-state index in [2.05, 4.69) is 43.1 Å². The highest BCUT2D eigenvalue weighted by atomic mass is 16.1. The van der Waals surface area contributed by atoms with Gasteiger partial charge in [0.2, 0.25) is 0 Å². The highest BCUT2D eigenvalue weighted by Crippen LogP contribution is 2.64. The summed E-state index contributed by atoms with van der Waals surface area (Å²) >= 11 is 0. The van der Waals surface area contributed by atoms with Crippen LogP contribution in [0.3, 0.4) is 0 Å². The molecular weight excluding hydrogens is 330 g/mol. The zero-order valence-corrected chi connectivity index (χ0v) is 16.7. The fourth-order valence-corrected chi connectivity index (χ4v) is 7.13. The predicted octanol–water partition coefficient (Wildman–Crippen LogP) is 5.69. The summed E-state index contributed by atoms with van der Waals surface area (Å²) in [5, 5.41) is 0. The Labute approximate surface area is 163 Å². The zero-order chi connectivity index (χ0) is 18.6. The van der Waals surface area contributed by atoms with E-state index in [1.165, 1.54) is 36.8 Å². The molecule has 2 nitrogen and oxygen atoms in total. The Hall–Kier alpha value is -1.70. The summed E-state index contributed by atoms with van der Waals surface area (Å²) in [4.78, 5) is 16.3. The smallest absolute Gasteiger partial charge is 0.136 e. The second kappa shape index (κ2) is 6.15. The van der Waals surface area contributed by atoms with Crippen molar-refractivity contribution in [2.45, 2.75) is 65.2 Å². The highest BCUT2D eigenvalue weighted by Gasteiger charge is 2.56. The molecule has 1 aromatic heterocycles. The number of aromatic nitrogens is 1. The molecule has 5 rings (SSSR count). The van der Waals surface area contributed by atoms with E-state index in [-0.39, 0.29) is 5.41 Å². The minimum atomic E-state index is 0.282. The van der Waals surface area contributed by atoms with Crippen LogP contribution in [-0.2, 0) is 11.2 Å². The van der Waals surface area contributed by atoms with Crippen LogP contribution in [0, 0.1) is 28.6 Å². The second-order valence-electron chi connectivity index (χ2n) is 9.93. The van der Waals surface area contributed by atoms with Crippen molar-refractivity contribution < 1.29 is 4.79 Å². The maximum Gasteiger partial charge on any atom is 0.136 e. The lowest BCUT2D eigenvalue weighted by Crippen LogP contribution is -2.49. The number of ketones is 1. The molecule has 27 heavy (non-hydrogen) atoms. The van der Waals surface area contributed by atoms with E-state index in [0.29, 0.717) is 11.2 Å². The maximum absolute atomic E-state index is 12.0. The van der Waals surface area contributed by atoms with Gasteiger partial charge in [0.05, 0.1) is 0 Å². The first-order valence-corrected chi connectivity index (χ1v) is 10.8. The molecule has 0 radical (unpaired) electrons. The lowest BCUT2D eigenvalue weighted by Gasteiger charge is -2.57. The van der Waals surface area contributed by atoms with Gasteiger partial charge in [-0.15, -0.1) is 0 Å². The number of allylic oxidation sites excluding steroid dienone is 4. The molecule has 0 aromatic carbocycles. The van der Waals surface area contributed by atoms with Gasteiger partial charge in [-0.25, -0.2) is 0 Å². The molecule has 4 aliphatic carbocycles. The Morgan fingerprint density at radius 3 is 2.81 bits per heavy atom. The van der Waals surface area contributed by atoms with Gasteiger partial charge in [0, 0.05) is 25.2 Å². The minimum Gasteiger partial charge on any atom is -0.299 e. The predicted molar refractivity (Wildman–Crippen MR) is 108 cm³/mol. The third-order valence-corrected chi connectivity index (χ3v) is 8.79. The van der Waals surface area contributed by atoms with E-state index in [0.717, 1.165) is 43.4 Å². The molecule has 0 unspecified atom stereocenters. The molecule has 5 atom stereocenters. The molecule has 0 N–H and O–H groups in total. The van der Waals surface area contributed by atoms with Crippen LogP contribution in [0.25, 0.3) is 0 Å². The van der Waals surface area contributed by atoms with Crippen molar-refractivity contribution in [1.82, 2.24) is 4.98 Å². The minimum absolute atomic E-state index is 0.282. The first-order chi connectivity index (χ1) is 13.0. The van der Waals surface area contributed by atoms with E-state index in [4.69, 9.17) is 0 Å². The van der Waals surface area contributed by atoms with Crippen molar-refractivity contribution in [3.8, 4) is 0 Å². The lowest BCUT2D eigenvalue weighted by molar-refractivity contribution is -0.122. The summed E-state index contributed by atoms with van der Waals surface area (Å²) in [5.41, 5.74) is 5.10. The summed E-state index contributed by atoms with van der Waals surface area (Å²) in [7, 11) is 0. The Morgan fingerprint density at radius 2 is 2.00 bits per heavy atom. The monoisotopic (exact) mass is 361 g/mol. The number of Topliss-reactive ketones (excluding diaryl/α,β-unsaturated/α-hetero) is 1. The van der Waals surface area contributed by atoms with Gasteiger partial charge in [0.1, 0.15) is 5.78 Å². The second-order valence-corrected chi connectivity index (χ2v) is 9.93. The van der Waals surface area contributed by atoms with Crippen LogP contribution in [0.15, 0.2) is 47.8 Å². The van der Waals surface area contributed by atoms with E-state index >= 15 is 0 Å². The van der Waals surface area contributed by atoms with Crippen LogP contribution in [-0.4, -0.2) is 10.8 Å². The van der Waals surface area contributed by atoms with Gasteiger partial charge < -0.3 is 0 Å². The largest absolute Gasteiger partial charge is 0.299 e. The summed E-state index contributed by atoms with van der Waals surface area (Å²) < 4.78 is 0. The summed E-state index contributed by atoms with van der Waals surface area (Å²) in [5.74, 6) is 2.79. The van der Waals surface area contributed by atoms with Gasteiger partial charge >= 0.3 is 0 Å². The van der Waals surface area contributed by atoms with Crippen LogP contribution in [0.4, 0.5) is 0 Å².